The second kappa shape index (κ2) is 7.97. The highest BCUT2D eigenvalue weighted by molar-refractivity contribution is 6.02. The van der Waals surface area contributed by atoms with Gasteiger partial charge in [0.2, 0.25) is 0 Å². The SMILES string of the molecule is Cc1cc(C2CCNC2)c2c(c1Nc1ccccc1)C1(OC2=O)c2ccccc2Oc2ccccc21. The lowest BCUT2D eigenvalue weighted by Crippen LogP contribution is -2.33. The molecule has 0 amide bonds. The molecule has 36 heavy (non-hydrogen) atoms. The first kappa shape index (κ1) is 21.2. The normalized spacial score (nSPS) is 18.7. The molecule has 7 rings (SSSR count). The molecule has 0 bridgehead atoms. The number of anilines is 2. The predicted octanol–water partition coefficient (Wildman–Crippen LogP) is 6.38. The van der Waals surface area contributed by atoms with Gasteiger partial charge in [0.25, 0.3) is 0 Å². The molecule has 3 heterocycles. The molecule has 3 aliphatic heterocycles. The molecule has 0 radical (unpaired) electrons. The van der Waals surface area contributed by atoms with Crippen LogP contribution in [0.15, 0.2) is 84.9 Å². The van der Waals surface area contributed by atoms with Gasteiger partial charge in [-0.2, -0.15) is 0 Å². The van der Waals surface area contributed by atoms with Crippen molar-refractivity contribution in [1.29, 1.82) is 0 Å². The average molecular weight is 475 g/mol. The van der Waals surface area contributed by atoms with Crippen LogP contribution in [0.4, 0.5) is 11.4 Å². The van der Waals surface area contributed by atoms with E-state index in [4.69, 9.17) is 9.47 Å². The minimum Gasteiger partial charge on any atom is -0.456 e. The van der Waals surface area contributed by atoms with E-state index in [1.54, 1.807) is 0 Å². The fraction of sp³-hybridized carbons (Fsp3) is 0.194. The van der Waals surface area contributed by atoms with E-state index in [0.29, 0.717) is 17.1 Å². The number of fused-ring (bicyclic) bond motifs is 6. The Balaban J connectivity index is 1.58. The molecule has 0 aromatic heterocycles. The number of esters is 1. The van der Waals surface area contributed by atoms with Crippen LogP contribution < -0.4 is 15.4 Å². The van der Waals surface area contributed by atoms with Crippen LogP contribution in [-0.4, -0.2) is 19.1 Å². The van der Waals surface area contributed by atoms with E-state index >= 15 is 0 Å². The Hall–Kier alpha value is -4.09. The summed E-state index contributed by atoms with van der Waals surface area (Å²) in [4.78, 5) is 13.9. The number of benzene rings is 4. The van der Waals surface area contributed by atoms with Gasteiger partial charge in [0, 0.05) is 28.9 Å². The van der Waals surface area contributed by atoms with Crippen LogP contribution in [0, 0.1) is 6.92 Å². The highest BCUT2D eigenvalue weighted by Gasteiger charge is 2.56. The summed E-state index contributed by atoms with van der Waals surface area (Å²) in [6.45, 7) is 3.92. The van der Waals surface area contributed by atoms with Crippen LogP contribution >= 0.6 is 0 Å². The second-order valence-electron chi connectivity index (χ2n) is 9.75. The molecule has 1 spiro atoms. The molecule has 1 saturated heterocycles. The third-order valence-electron chi connectivity index (χ3n) is 7.65. The Morgan fingerprint density at radius 2 is 1.58 bits per heavy atom. The van der Waals surface area contributed by atoms with Crippen molar-refractivity contribution in [1.82, 2.24) is 5.32 Å². The molecular formula is C31H26N2O3. The predicted molar refractivity (Wildman–Crippen MR) is 139 cm³/mol. The molecule has 5 nitrogen and oxygen atoms in total. The third kappa shape index (κ3) is 2.96. The fourth-order valence-electron chi connectivity index (χ4n) is 6.06. The van der Waals surface area contributed by atoms with Crippen molar-refractivity contribution in [3.63, 3.8) is 0 Å². The van der Waals surface area contributed by atoms with Gasteiger partial charge in [0.1, 0.15) is 11.5 Å². The van der Waals surface area contributed by atoms with E-state index in [1.807, 2.05) is 78.9 Å². The first-order chi connectivity index (χ1) is 17.7. The summed E-state index contributed by atoms with van der Waals surface area (Å²) in [7, 11) is 0. The Morgan fingerprint density at radius 3 is 2.25 bits per heavy atom. The van der Waals surface area contributed by atoms with Gasteiger partial charge in [-0.05, 0) is 61.2 Å². The maximum Gasteiger partial charge on any atom is 0.340 e. The molecule has 3 aliphatic rings. The van der Waals surface area contributed by atoms with E-state index in [2.05, 4.69) is 23.6 Å². The molecule has 4 aromatic rings. The zero-order valence-corrected chi connectivity index (χ0v) is 20.0. The van der Waals surface area contributed by atoms with Gasteiger partial charge >= 0.3 is 5.97 Å². The van der Waals surface area contributed by atoms with Crippen LogP contribution in [0.5, 0.6) is 11.5 Å². The molecular weight excluding hydrogens is 448 g/mol. The molecule has 1 atom stereocenters. The number of carbonyl (C=O) groups excluding carboxylic acids is 1. The van der Waals surface area contributed by atoms with Crippen molar-refractivity contribution in [3.05, 3.63) is 118 Å². The number of para-hydroxylation sites is 3. The summed E-state index contributed by atoms with van der Waals surface area (Å²) in [5, 5.41) is 7.12. The number of aryl methyl sites for hydroxylation is 1. The Morgan fingerprint density at radius 1 is 0.917 bits per heavy atom. The zero-order valence-electron chi connectivity index (χ0n) is 20.0. The van der Waals surface area contributed by atoms with Crippen molar-refractivity contribution in [2.24, 2.45) is 0 Å². The first-order valence-electron chi connectivity index (χ1n) is 12.5. The lowest BCUT2D eigenvalue weighted by Gasteiger charge is -2.37. The molecule has 0 aliphatic carbocycles. The molecule has 5 heteroatoms. The van der Waals surface area contributed by atoms with Crippen molar-refractivity contribution in [2.75, 3.05) is 18.4 Å². The fourth-order valence-corrected chi connectivity index (χ4v) is 6.06. The van der Waals surface area contributed by atoms with Crippen LogP contribution in [0.3, 0.4) is 0 Å². The van der Waals surface area contributed by atoms with Gasteiger partial charge in [0.15, 0.2) is 5.60 Å². The van der Waals surface area contributed by atoms with Crippen LogP contribution in [0.25, 0.3) is 0 Å². The summed E-state index contributed by atoms with van der Waals surface area (Å²) in [6.07, 6.45) is 0.994. The zero-order chi connectivity index (χ0) is 24.3. The molecule has 0 saturated carbocycles. The third-order valence-corrected chi connectivity index (χ3v) is 7.65. The van der Waals surface area contributed by atoms with Crippen molar-refractivity contribution in [2.45, 2.75) is 24.9 Å². The maximum atomic E-state index is 13.9. The molecule has 4 aromatic carbocycles. The van der Waals surface area contributed by atoms with Gasteiger partial charge < -0.3 is 20.1 Å². The lowest BCUT2D eigenvalue weighted by molar-refractivity contribution is 0.0225. The number of hydrogen-bond acceptors (Lipinski definition) is 5. The van der Waals surface area contributed by atoms with Crippen LogP contribution in [0.1, 0.15) is 50.5 Å². The summed E-state index contributed by atoms with van der Waals surface area (Å²) in [5.41, 5.74) is 6.14. The van der Waals surface area contributed by atoms with E-state index in [-0.39, 0.29) is 11.9 Å². The molecule has 1 fully saturated rings. The van der Waals surface area contributed by atoms with Crippen LogP contribution in [-0.2, 0) is 10.3 Å². The number of ether oxygens (including phenoxy) is 2. The van der Waals surface area contributed by atoms with Gasteiger partial charge in [-0.1, -0.05) is 60.7 Å². The molecule has 2 N–H and O–H groups in total. The Kier molecular flexibility index (Phi) is 4.70. The highest BCUT2D eigenvalue weighted by Crippen LogP contribution is 2.59. The first-order valence-corrected chi connectivity index (χ1v) is 12.5. The minimum absolute atomic E-state index is 0.260. The van der Waals surface area contributed by atoms with E-state index in [9.17, 15) is 4.79 Å². The van der Waals surface area contributed by atoms with Gasteiger partial charge in [-0.3, -0.25) is 0 Å². The molecule has 1 unspecified atom stereocenters. The van der Waals surface area contributed by atoms with Crippen LogP contribution in [0.2, 0.25) is 0 Å². The summed E-state index contributed by atoms with van der Waals surface area (Å²) < 4.78 is 12.9. The quantitative estimate of drug-likeness (QED) is 0.337. The van der Waals surface area contributed by atoms with Crippen molar-refractivity contribution < 1.29 is 14.3 Å². The van der Waals surface area contributed by atoms with Crippen molar-refractivity contribution in [3.8, 4) is 11.5 Å². The van der Waals surface area contributed by atoms with E-state index in [1.165, 1.54) is 0 Å². The number of hydrogen-bond donors (Lipinski definition) is 2. The lowest BCUT2D eigenvalue weighted by atomic mass is 9.74. The minimum atomic E-state index is -1.11. The van der Waals surface area contributed by atoms with Gasteiger partial charge in [-0.25, -0.2) is 4.79 Å². The maximum absolute atomic E-state index is 13.9. The van der Waals surface area contributed by atoms with E-state index in [0.717, 1.165) is 58.7 Å². The Labute approximate surface area is 210 Å². The number of rotatable bonds is 3. The van der Waals surface area contributed by atoms with Crippen molar-refractivity contribution >= 4 is 17.3 Å². The van der Waals surface area contributed by atoms with Gasteiger partial charge in [0.05, 0.1) is 11.3 Å². The van der Waals surface area contributed by atoms with Gasteiger partial charge in [-0.15, -0.1) is 0 Å². The smallest absolute Gasteiger partial charge is 0.340 e. The topological polar surface area (TPSA) is 59.6 Å². The number of nitrogens with one attached hydrogen (secondary N) is 2. The Bertz CT molecular complexity index is 1460. The number of carbonyl (C=O) groups is 1. The molecule has 178 valence electrons. The summed E-state index contributed by atoms with van der Waals surface area (Å²) >= 11 is 0. The summed E-state index contributed by atoms with van der Waals surface area (Å²) in [6, 6.07) is 28.0. The highest BCUT2D eigenvalue weighted by atomic mass is 16.6. The second-order valence-corrected chi connectivity index (χ2v) is 9.75. The largest absolute Gasteiger partial charge is 0.456 e. The monoisotopic (exact) mass is 474 g/mol. The summed E-state index contributed by atoms with van der Waals surface area (Å²) in [5.74, 6) is 1.38. The van der Waals surface area contributed by atoms with E-state index < -0.39 is 5.60 Å². The average Bonchev–Trinajstić information content (AvgIpc) is 3.54. The standard InChI is InChI=1S/C31H26N2O3/c1-19-17-22(20-15-16-32-18-20)27-28(29(19)33-21-9-3-2-4-10-21)31(36-30(27)34)23-11-5-7-13-25(23)35-26-14-8-6-12-24(26)31/h2-14,17,20,32-33H,15-16,18H2,1H3.